The quantitative estimate of drug-likeness (QED) is 0.623. The van der Waals surface area contributed by atoms with Crippen LogP contribution in [0.5, 0.6) is 0 Å². The zero-order valence-electron chi connectivity index (χ0n) is 9.21. The first-order valence-electron chi connectivity index (χ1n) is 4.89. The summed E-state index contributed by atoms with van der Waals surface area (Å²) >= 11 is 3.33. The molecule has 0 bridgehead atoms. The molecule has 0 aliphatic carbocycles. The number of aryl methyl sites for hydroxylation is 2. The lowest BCUT2D eigenvalue weighted by molar-refractivity contribution is 0.0511. The fourth-order valence-corrected chi connectivity index (χ4v) is 1.36. The van der Waals surface area contributed by atoms with Crippen LogP contribution in [-0.2, 0) is 4.74 Å². The SMILES string of the molecule is Cc1ccc(C)c(C(=O)OCC(C)Br)c1. The Morgan fingerprint density at radius 3 is 2.73 bits per heavy atom. The molecule has 1 aromatic carbocycles. The topological polar surface area (TPSA) is 26.3 Å². The molecule has 0 aromatic heterocycles. The third kappa shape index (κ3) is 3.67. The summed E-state index contributed by atoms with van der Waals surface area (Å²) in [4.78, 5) is 11.9. The molecule has 0 aliphatic heterocycles. The Hall–Kier alpha value is -0.830. The molecule has 1 aromatic rings. The highest BCUT2D eigenvalue weighted by atomic mass is 79.9. The number of hydrogen-bond acceptors (Lipinski definition) is 2. The molecule has 1 atom stereocenters. The highest BCUT2D eigenvalue weighted by molar-refractivity contribution is 9.09. The van der Waals surface area contributed by atoms with Crippen LogP contribution in [0, 0.1) is 13.8 Å². The summed E-state index contributed by atoms with van der Waals surface area (Å²) in [7, 11) is 0. The molecule has 1 unspecified atom stereocenters. The van der Waals surface area contributed by atoms with E-state index >= 15 is 0 Å². The van der Waals surface area contributed by atoms with Crippen molar-refractivity contribution >= 4 is 21.9 Å². The third-order valence-electron chi connectivity index (χ3n) is 2.06. The predicted octanol–water partition coefficient (Wildman–Crippen LogP) is 3.24. The predicted molar refractivity (Wildman–Crippen MR) is 64.6 cm³/mol. The number of carbonyl (C=O) groups excluding carboxylic acids is 1. The number of ether oxygens (including phenoxy) is 1. The van der Waals surface area contributed by atoms with Crippen LogP contribution >= 0.6 is 15.9 Å². The second-order valence-electron chi connectivity index (χ2n) is 3.70. The Bertz CT molecular complexity index is 359. The minimum atomic E-state index is -0.248. The third-order valence-corrected chi connectivity index (χ3v) is 2.32. The van der Waals surface area contributed by atoms with Gasteiger partial charge in [0.15, 0.2) is 0 Å². The highest BCUT2D eigenvalue weighted by Crippen LogP contribution is 2.12. The van der Waals surface area contributed by atoms with Crippen LogP contribution in [-0.4, -0.2) is 17.4 Å². The van der Waals surface area contributed by atoms with E-state index in [4.69, 9.17) is 4.74 Å². The highest BCUT2D eigenvalue weighted by Gasteiger charge is 2.11. The molecule has 2 nitrogen and oxygen atoms in total. The average Bonchev–Trinajstić information content (AvgIpc) is 2.18. The van der Waals surface area contributed by atoms with Gasteiger partial charge in [-0.25, -0.2) is 4.79 Å². The van der Waals surface area contributed by atoms with Crippen molar-refractivity contribution in [3.8, 4) is 0 Å². The Morgan fingerprint density at radius 1 is 1.47 bits per heavy atom. The van der Waals surface area contributed by atoms with Crippen LogP contribution in [0.4, 0.5) is 0 Å². The van der Waals surface area contributed by atoms with Gasteiger partial charge in [0.2, 0.25) is 0 Å². The summed E-state index contributed by atoms with van der Waals surface area (Å²) in [5.41, 5.74) is 2.68. The fourth-order valence-electron chi connectivity index (χ4n) is 1.22. The smallest absolute Gasteiger partial charge is 0.338 e. The van der Waals surface area contributed by atoms with Crippen LogP contribution in [0.15, 0.2) is 18.2 Å². The van der Waals surface area contributed by atoms with Crippen molar-refractivity contribution in [2.45, 2.75) is 25.6 Å². The first-order valence-corrected chi connectivity index (χ1v) is 5.80. The number of halogens is 1. The maximum atomic E-state index is 11.7. The van der Waals surface area contributed by atoms with Crippen molar-refractivity contribution in [2.24, 2.45) is 0 Å². The molecule has 3 heteroatoms. The summed E-state index contributed by atoms with van der Waals surface area (Å²) in [5.74, 6) is -0.248. The standard InChI is InChI=1S/C12H15BrO2/c1-8-4-5-9(2)11(6-8)12(14)15-7-10(3)13/h4-6,10H,7H2,1-3H3. The zero-order valence-corrected chi connectivity index (χ0v) is 10.8. The van der Waals surface area contributed by atoms with Gasteiger partial charge >= 0.3 is 5.97 Å². The van der Waals surface area contributed by atoms with E-state index in [-0.39, 0.29) is 10.8 Å². The maximum Gasteiger partial charge on any atom is 0.338 e. The number of carbonyl (C=O) groups is 1. The normalized spacial score (nSPS) is 12.3. The molecule has 15 heavy (non-hydrogen) atoms. The van der Waals surface area contributed by atoms with E-state index in [9.17, 15) is 4.79 Å². The molecule has 0 saturated heterocycles. The second-order valence-corrected chi connectivity index (χ2v) is 5.26. The molecule has 0 fully saturated rings. The van der Waals surface area contributed by atoms with Gasteiger partial charge in [-0.2, -0.15) is 0 Å². The molecular formula is C12H15BrO2. The number of benzene rings is 1. The van der Waals surface area contributed by atoms with Gasteiger partial charge in [-0.3, -0.25) is 0 Å². The van der Waals surface area contributed by atoms with Gasteiger partial charge in [0, 0.05) is 4.83 Å². The van der Waals surface area contributed by atoms with Crippen LogP contribution in [0.1, 0.15) is 28.4 Å². The largest absolute Gasteiger partial charge is 0.461 e. The van der Waals surface area contributed by atoms with E-state index in [1.165, 1.54) is 0 Å². The van der Waals surface area contributed by atoms with Gasteiger partial charge in [-0.05, 0) is 32.4 Å². The van der Waals surface area contributed by atoms with Gasteiger partial charge in [0.25, 0.3) is 0 Å². The first kappa shape index (κ1) is 12.2. The van der Waals surface area contributed by atoms with Crippen molar-refractivity contribution < 1.29 is 9.53 Å². The molecule has 1 rings (SSSR count). The fraction of sp³-hybridized carbons (Fsp3) is 0.417. The average molecular weight is 271 g/mol. The first-order chi connectivity index (χ1) is 7.00. The summed E-state index contributed by atoms with van der Waals surface area (Å²) in [6.07, 6.45) is 0. The second kappa shape index (κ2) is 5.31. The Balaban J connectivity index is 2.77. The summed E-state index contributed by atoms with van der Waals surface area (Å²) in [5, 5.41) is 0. The Kier molecular flexibility index (Phi) is 4.33. The number of esters is 1. The van der Waals surface area contributed by atoms with Gasteiger partial charge in [-0.15, -0.1) is 0 Å². The zero-order chi connectivity index (χ0) is 11.4. The summed E-state index contributed by atoms with van der Waals surface area (Å²) in [6, 6.07) is 5.78. The molecule has 82 valence electrons. The van der Waals surface area contributed by atoms with Crippen molar-refractivity contribution in [1.82, 2.24) is 0 Å². The van der Waals surface area contributed by atoms with Crippen molar-refractivity contribution in [1.29, 1.82) is 0 Å². The van der Waals surface area contributed by atoms with Gasteiger partial charge < -0.3 is 4.74 Å². The van der Waals surface area contributed by atoms with Gasteiger partial charge in [-0.1, -0.05) is 33.6 Å². The van der Waals surface area contributed by atoms with Crippen LogP contribution < -0.4 is 0 Å². The van der Waals surface area contributed by atoms with Crippen molar-refractivity contribution in [2.75, 3.05) is 6.61 Å². The lowest BCUT2D eigenvalue weighted by Crippen LogP contribution is -2.12. The molecule has 0 aliphatic rings. The summed E-state index contributed by atoms with van der Waals surface area (Å²) < 4.78 is 5.14. The minimum Gasteiger partial charge on any atom is -0.461 e. The number of hydrogen-bond donors (Lipinski definition) is 0. The molecular weight excluding hydrogens is 256 g/mol. The maximum absolute atomic E-state index is 11.7. The molecule has 0 heterocycles. The molecule has 0 saturated carbocycles. The van der Waals surface area contributed by atoms with Crippen LogP contribution in [0.3, 0.4) is 0 Å². The van der Waals surface area contributed by atoms with Gasteiger partial charge in [0.05, 0.1) is 5.56 Å². The summed E-state index contributed by atoms with van der Waals surface area (Å²) in [6.45, 7) is 6.21. The van der Waals surface area contributed by atoms with Gasteiger partial charge in [0.1, 0.15) is 6.61 Å². The molecule has 0 spiro atoms. The van der Waals surface area contributed by atoms with Crippen molar-refractivity contribution in [3.05, 3.63) is 34.9 Å². The minimum absolute atomic E-state index is 0.187. The van der Waals surface area contributed by atoms with E-state index in [1.54, 1.807) is 0 Å². The number of rotatable bonds is 3. The lowest BCUT2D eigenvalue weighted by Gasteiger charge is -2.08. The molecule has 0 radical (unpaired) electrons. The van der Waals surface area contributed by atoms with Crippen LogP contribution in [0.25, 0.3) is 0 Å². The van der Waals surface area contributed by atoms with E-state index in [0.717, 1.165) is 11.1 Å². The lowest BCUT2D eigenvalue weighted by atomic mass is 10.1. The van der Waals surface area contributed by atoms with E-state index < -0.39 is 0 Å². The van der Waals surface area contributed by atoms with E-state index in [2.05, 4.69) is 15.9 Å². The monoisotopic (exact) mass is 270 g/mol. The molecule has 0 N–H and O–H groups in total. The molecule has 0 amide bonds. The Labute approximate surface area is 98.8 Å². The van der Waals surface area contributed by atoms with E-state index in [1.807, 2.05) is 39.0 Å². The van der Waals surface area contributed by atoms with Crippen LogP contribution in [0.2, 0.25) is 0 Å². The van der Waals surface area contributed by atoms with E-state index in [0.29, 0.717) is 12.2 Å². The van der Waals surface area contributed by atoms with Crippen molar-refractivity contribution in [3.63, 3.8) is 0 Å². The Morgan fingerprint density at radius 2 is 2.13 bits per heavy atom. The number of alkyl halides is 1.